The third-order valence-electron chi connectivity index (χ3n) is 4.80. The van der Waals surface area contributed by atoms with E-state index in [0.717, 1.165) is 22.6 Å². The zero-order chi connectivity index (χ0) is 16.8. The molecule has 0 spiro atoms. The third kappa shape index (κ3) is 2.14. The quantitative estimate of drug-likeness (QED) is 0.617. The van der Waals surface area contributed by atoms with Crippen LogP contribution in [0.15, 0.2) is 53.6 Å². The van der Waals surface area contributed by atoms with Crippen LogP contribution in [-0.2, 0) is 0 Å². The maximum Gasteiger partial charge on any atom is 0.269 e. The number of para-hydroxylation sites is 1. The van der Waals surface area contributed by atoms with Crippen LogP contribution in [0.1, 0.15) is 37.2 Å². The molecule has 2 aromatic rings. The fourth-order valence-electron chi connectivity index (χ4n) is 3.39. The molecule has 2 heterocycles. The van der Waals surface area contributed by atoms with E-state index in [2.05, 4.69) is 13.0 Å². The van der Waals surface area contributed by atoms with Crippen LogP contribution in [0.5, 0.6) is 5.75 Å². The largest absolute Gasteiger partial charge is 0.464 e. The van der Waals surface area contributed by atoms with Crippen LogP contribution in [0, 0.1) is 16.0 Å². The topological polar surface area (TPSA) is 68.0 Å². The molecule has 2 aromatic carbocycles. The molecule has 0 aliphatic carbocycles. The molecule has 0 amide bonds. The first-order valence-corrected chi connectivity index (χ1v) is 7.89. The standard InChI is InChI=1S/C18H17N3O3/c1-11-12(2)19-20-17(11)15-5-3-4-6-16(15)24-18(20)13-7-9-14(10-8-13)21(22)23/h3-11,17-18H,1-2H3/t11-,17+,18-/m0/s1. The van der Waals surface area contributed by atoms with E-state index in [-0.39, 0.29) is 23.9 Å². The van der Waals surface area contributed by atoms with Crippen molar-refractivity contribution in [1.29, 1.82) is 0 Å². The first kappa shape index (κ1) is 14.7. The van der Waals surface area contributed by atoms with E-state index in [0.29, 0.717) is 0 Å². The molecule has 6 heteroatoms. The van der Waals surface area contributed by atoms with Crippen LogP contribution in [0.2, 0.25) is 0 Å². The van der Waals surface area contributed by atoms with Crippen molar-refractivity contribution in [2.45, 2.75) is 26.1 Å². The van der Waals surface area contributed by atoms with Gasteiger partial charge in [-0.05, 0) is 25.1 Å². The number of hydrogen-bond acceptors (Lipinski definition) is 5. The van der Waals surface area contributed by atoms with Gasteiger partial charge in [-0.3, -0.25) is 10.1 Å². The molecule has 0 bridgehead atoms. The monoisotopic (exact) mass is 323 g/mol. The Hall–Kier alpha value is -2.89. The Bertz CT molecular complexity index is 832. The number of non-ortho nitro benzene ring substituents is 1. The van der Waals surface area contributed by atoms with Gasteiger partial charge < -0.3 is 4.74 Å². The smallest absolute Gasteiger partial charge is 0.269 e. The van der Waals surface area contributed by atoms with Crippen molar-refractivity contribution in [3.63, 3.8) is 0 Å². The van der Waals surface area contributed by atoms with Crippen molar-refractivity contribution in [1.82, 2.24) is 5.01 Å². The molecule has 0 fully saturated rings. The summed E-state index contributed by atoms with van der Waals surface area (Å²) in [5.41, 5.74) is 3.11. The summed E-state index contributed by atoms with van der Waals surface area (Å²) in [6.07, 6.45) is -0.384. The number of nitrogens with zero attached hydrogens (tertiary/aromatic N) is 3. The highest BCUT2D eigenvalue weighted by Crippen LogP contribution is 2.48. The summed E-state index contributed by atoms with van der Waals surface area (Å²) in [4.78, 5) is 10.5. The van der Waals surface area contributed by atoms with Crippen LogP contribution < -0.4 is 4.74 Å². The third-order valence-corrected chi connectivity index (χ3v) is 4.80. The average molecular weight is 323 g/mol. The zero-order valence-corrected chi connectivity index (χ0v) is 13.4. The Balaban J connectivity index is 1.77. The molecule has 2 aliphatic rings. The van der Waals surface area contributed by atoms with Crippen LogP contribution in [-0.4, -0.2) is 15.6 Å². The minimum absolute atomic E-state index is 0.0704. The van der Waals surface area contributed by atoms with Crippen molar-refractivity contribution in [3.05, 3.63) is 69.8 Å². The maximum atomic E-state index is 10.9. The highest BCUT2D eigenvalue weighted by atomic mass is 16.6. The second-order valence-electron chi connectivity index (χ2n) is 6.21. The van der Waals surface area contributed by atoms with Gasteiger partial charge in [-0.15, -0.1) is 0 Å². The predicted octanol–water partition coefficient (Wildman–Crippen LogP) is 4.05. The summed E-state index contributed by atoms with van der Waals surface area (Å²) in [6, 6.07) is 14.6. The number of fused-ring (bicyclic) bond motifs is 3. The summed E-state index contributed by atoms with van der Waals surface area (Å²) in [7, 11) is 0. The Morgan fingerprint density at radius 3 is 2.58 bits per heavy atom. The van der Waals surface area contributed by atoms with Gasteiger partial charge in [0.15, 0.2) is 0 Å². The molecule has 0 unspecified atom stereocenters. The van der Waals surface area contributed by atoms with Gasteiger partial charge in [-0.25, -0.2) is 5.01 Å². The molecular formula is C18H17N3O3. The van der Waals surface area contributed by atoms with E-state index in [1.807, 2.05) is 30.1 Å². The molecule has 0 saturated heterocycles. The average Bonchev–Trinajstić information content (AvgIpc) is 2.90. The molecular weight excluding hydrogens is 306 g/mol. The van der Waals surface area contributed by atoms with Crippen LogP contribution in [0.3, 0.4) is 0 Å². The number of hydrogen-bond donors (Lipinski definition) is 0. The van der Waals surface area contributed by atoms with Crippen LogP contribution >= 0.6 is 0 Å². The van der Waals surface area contributed by atoms with Crippen LogP contribution in [0.4, 0.5) is 5.69 Å². The molecule has 3 atom stereocenters. The summed E-state index contributed by atoms with van der Waals surface area (Å²) < 4.78 is 6.18. The number of rotatable bonds is 2. The van der Waals surface area contributed by atoms with Gasteiger partial charge >= 0.3 is 0 Å². The summed E-state index contributed by atoms with van der Waals surface area (Å²) in [5.74, 6) is 1.13. The van der Waals surface area contributed by atoms with Crippen molar-refractivity contribution in [3.8, 4) is 5.75 Å². The van der Waals surface area contributed by atoms with Crippen molar-refractivity contribution in [2.75, 3.05) is 0 Å². The number of hydrazone groups is 1. The lowest BCUT2D eigenvalue weighted by atomic mass is 9.90. The fraction of sp³-hybridized carbons (Fsp3) is 0.278. The van der Waals surface area contributed by atoms with E-state index < -0.39 is 4.92 Å². The lowest BCUT2D eigenvalue weighted by molar-refractivity contribution is -0.384. The second-order valence-corrected chi connectivity index (χ2v) is 6.21. The number of nitro benzene ring substituents is 1. The summed E-state index contributed by atoms with van der Waals surface area (Å²) in [6.45, 7) is 4.19. The minimum atomic E-state index is -0.399. The Kier molecular flexibility index (Phi) is 3.26. The molecule has 0 aromatic heterocycles. The Labute approximate surface area is 139 Å². The second kappa shape index (κ2) is 5.33. The first-order chi connectivity index (χ1) is 11.6. The van der Waals surface area contributed by atoms with Gasteiger partial charge in [0.05, 0.1) is 11.0 Å². The van der Waals surface area contributed by atoms with Gasteiger partial charge in [0.25, 0.3) is 5.69 Å². The minimum Gasteiger partial charge on any atom is -0.464 e. The van der Waals surface area contributed by atoms with Gasteiger partial charge in [-0.2, -0.15) is 5.10 Å². The molecule has 0 N–H and O–H groups in total. The molecule has 4 rings (SSSR count). The molecule has 6 nitrogen and oxygen atoms in total. The first-order valence-electron chi connectivity index (χ1n) is 7.89. The lowest BCUT2D eigenvalue weighted by Gasteiger charge is -2.39. The van der Waals surface area contributed by atoms with E-state index in [9.17, 15) is 10.1 Å². The number of nitro groups is 1. The summed E-state index contributed by atoms with van der Waals surface area (Å²) in [5, 5.41) is 17.5. The SMILES string of the molecule is CC1=NN2[C@H](c3ccc([N+](=O)[O-])cc3)Oc3ccccc3[C@H]2[C@H]1C. The molecule has 0 radical (unpaired) electrons. The molecule has 2 aliphatic heterocycles. The van der Waals surface area contributed by atoms with E-state index in [4.69, 9.17) is 9.84 Å². The van der Waals surface area contributed by atoms with Crippen molar-refractivity contribution in [2.24, 2.45) is 11.0 Å². The fourth-order valence-corrected chi connectivity index (χ4v) is 3.39. The lowest BCUT2D eigenvalue weighted by Crippen LogP contribution is -2.35. The molecule has 0 saturated carbocycles. The van der Waals surface area contributed by atoms with Gasteiger partial charge in [-0.1, -0.05) is 25.1 Å². The van der Waals surface area contributed by atoms with Crippen molar-refractivity contribution >= 4 is 11.4 Å². The van der Waals surface area contributed by atoms with Gasteiger partial charge in [0.2, 0.25) is 6.23 Å². The molecule has 122 valence electrons. The van der Waals surface area contributed by atoms with Gasteiger partial charge in [0, 0.05) is 34.9 Å². The van der Waals surface area contributed by atoms with E-state index in [1.54, 1.807) is 12.1 Å². The number of ether oxygens (including phenoxy) is 1. The predicted molar refractivity (Wildman–Crippen MR) is 89.8 cm³/mol. The normalized spacial score (nSPS) is 24.7. The van der Waals surface area contributed by atoms with Crippen molar-refractivity contribution < 1.29 is 9.66 Å². The Morgan fingerprint density at radius 1 is 1.17 bits per heavy atom. The maximum absolute atomic E-state index is 10.9. The summed E-state index contributed by atoms with van der Waals surface area (Å²) >= 11 is 0. The van der Waals surface area contributed by atoms with E-state index >= 15 is 0 Å². The van der Waals surface area contributed by atoms with E-state index in [1.165, 1.54) is 12.1 Å². The number of benzene rings is 2. The van der Waals surface area contributed by atoms with Gasteiger partial charge in [0.1, 0.15) is 5.75 Å². The van der Waals surface area contributed by atoms with Crippen LogP contribution in [0.25, 0.3) is 0 Å². The zero-order valence-electron chi connectivity index (χ0n) is 13.4. The highest BCUT2D eigenvalue weighted by Gasteiger charge is 2.43. The molecule has 24 heavy (non-hydrogen) atoms. The highest BCUT2D eigenvalue weighted by molar-refractivity contribution is 5.86. The Morgan fingerprint density at radius 2 is 1.88 bits per heavy atom.